The molecular weight excluding hydrogens is 318 g/mol. The molecule has 2 aromatic heterocycles. The zero-order valence-corrected chi connectivity index (χ0v) is 13.9. The minimum absolute atomic E-state index is 0.235. The normalized spacial score (nSPS) is 19.5. The molecule has 0 radical (unpaired) electrons. The second kappa shape index (κ2) is 6.34. The first-order valence-electron chi connectivity index (χ1n) is 7.35. The molecule has 0 saturated carbocycles. The number of hydrogen-bond donors (Lipinski definition) is 0. The number of oxazole rings is 1. The van der Waals surface area contributed by atoms with Gasteiger partial charge in [-0.1, -0.05) is 0 Å². The van der Waals surface area contributed by atoms with Crippen LogP contribution in [0.25, 0.3) is 11.6 Å². The summed E-state index contributed by atoms with van der Waals surface area (Å²) in [5.74, 6) is 0.668. The third-order valence-electron chi connectivity index (χ3n) is 3.87. The van der Waals surface area contributed by atoms with Crippen molar-refractivity contribution in [2.45, 2.75) is 12.8 Å². The summed E-state index contributed by atoms with van der Waals surface area (Å²) in [7, 11) is -0.241. The first kappa shape index (κ1) is 16.0. The van der Waals surface area contributed by atoms with E-state index in [1.807, 2.05) is 0 Å². The van der Waals surface area contributed by atoms with Gasteiger partial charge in [0, 0.05) is 33.4 Å². The predicted octanol–water partition coefficient (Wildman–Crippen LogP) is 0.802. The molecular formula is C14H19N5O3S. The molecule has 0 amide bonds. The number of rotatable bonds is 5. The van der Waals surface area contributed by atoms with Crippen molar-refractivity contribution in [1.29, 1.82) is 0 Å². The van der Waals surface area contributed by atoms with Gasteiger partial charge < -0.3 is 4.42 Å². The smallest absolute Gasteiger partial charge is 0.281 e. The zero-order valence-electron chi connectivity index (χ0n) is 13.1. The lowest BCUT2D eigenvalue weighted by atomic mass is 10.0. The first-order chi connectivity index (χ1) is 11.0. The van der Waals surface area contributed by atoms with Gasteiger partial charge in [-0.15, -0.1) is 0 Å². The van der Waals surface area contributed by atoms with E-state index < -0.39 is 10.2 Å². The maximum Gasteiger partial charge on any atom is 0.281 e. The van der Waals surface area contributed by atoms with E-state index >= 15 is 0 Å². The summed E-state index contributed by atoms with van der Waals surface area (Å²) in [6.45, 7) is 1.05. The summed E-state index contributed by atoms with van der Waals surface area (Å²) >= 11 is 0. The molecule has 1 atom stereocenters. The van der Waals surface area contributed by atoms with E-state index in [-0.39, 0.29) is 5.92 Å². The largest absolute Gasteiger partial charge is 0.443 e. The summed E-state index contributed by atoms with van der Waals surface area (Å²) < 4.78 is 32.3. The molecule has 9 heteroatoms. The standard InChI is InChI=1S/C14H19N5O3S/c1-18(2)23(20,21)19-5-3-11(10-19)7-12-8-15-9-13(17-12)14-16-4-6-22-14/h4,6,8-9,11H,3,5,7,10H2,1-2H3/t11-/m1/s1. The number of nitrogens with zero attached hydrogens (tertiary/aromatic N) is 5. The molecule has 0 N–H and O–H groups in total. The van der Waals surface area contributed by atoms with Crippen molar-refractivity contribution in [2.75, 3.05) is 27.2 Å². The molecule has 3 rings (SSSR count). The first-order valence-corrected chi connectivity index (χ1v) is 8.75. The highest BCUT2D eigenvalue weighted by Gasteiger charge is 2.32. The third-order valence-corrected chi connectivity index (χ3v) is 5.78. The highest BCUT2D eigenvalue weighted by Crippen LogP contribution is 2.24. The van der Waals surface area contributed by atoms with E-state index in [9.17, 15) is 8.42 Å². The maximum atomic E-state index is 12.1. The van der Waals surface area contributed by atoms with Gasteiger partial charge in [0.25, 0.3) is 10.2 Å². The minimum Gasteiger partial charge on any atom is -0.443 e. The van der Waals surface area contributed by atoms with Crippen LogP contribution in [0.15, 0.2) is 29.3 Å². The Labute approximate surface area is 135 Å². The molecule has 3 heterocycles. The van der Waals surface area contributed by atoms with E-state index in [2.05, 4.69) is 15.0 Å². The molecule has 1 saturated heterocycles. The average Bonchev–Trinajstić information content (AvgIpc) is 3.19. The summed E-state index contributed by atoms with van der Waals surface area (Å²) in [5, 5.41) is 0. The molecule has 0 bridgehead atoms. The summed E-state index contributed by atoms with van der Waals surface area (Å²) in [6.07, 6.45) is 7.86. The van der Waals surface area contributed by atoms with Crippen LogP contribution in [0.2, 0.25) is 0 Å². The molecule has 1 aliphatic heterocycles. The fourth-order valence-electron chi connectivity index (χ4n) is 2.66. The van der Waals surface area contributed by atoms with E-state index in [4.69, 9.17) is 4.42 Å². The van der Waals surface area contributed by atoms with E-state index in [0.29, 0.717) is 31.1 Å². The van der Waals surface area contributed by atoms with Gasteiger partial charge >= 0.3 is 0 Å². The maximum absolute atomic E-state index is 12.1. The van der Waals surface area contributed by atoms with Crippen LogP contribution in [0.5, 0.6) is 0 Å². The van der Waals surface area contributed by atoms with Crippen LogP contribution in [-0.2, 0) is 16.6 Å². The summed E-state index contributed by atoms with van der Waals surface area (Å²) in [6, 6.07) is 0. The summed E-state index contributed by atoms with van der Waals surface area (Å²) in [5.41, 5.74) is 1.40. The molecule has 0 unspecified atom stereocenters. The van der Waals surface area contributed by atoms with Crippen molar-refractivity contribution in [3.63, 3.8) is 0 Å². The Morgan fingerprint density at radius 1 is 1.39 bits per heavy atom. The lowest BCUT2D eigenvalue weighted by molar-refractivity contribution is 0.409. The Kier molecular flexibility index (Phi) is 4.42. The molecule has 8 nitrogen and oxygen atoms in total. The molecule has 1 fully saturated rings. The lowest BCUT2D eigenvalue weighted by Gasteiger charge is -2.20. The second-order valence-corrected chi connectivity index (χ2v) is 7.88. The van der Waals surface area contributed by atoms with Gasteiger partial charge in [0.05, 0.1) is 18.1 Å². The van der Waals surface area contributed by atoms with E-state index in [1.54, 1.807) is 32.7 Å². The molecule has 2 aromatic rings. The van der Waals surface area contributed by atoms with Crippen molar-refractivity contribution in [3.8, 4) is 11.6 Å². The van der Waals surface area contributed by atoms with Gasteiger partial charge in [0.2, 0.25) is 5.89 Å². The fourth-order valence-corrected chi connectivity index (χ4v) is 3.85. The minimum atomic E-state index is -3.34. The van der Waals surface area contributed by atoms with E-state index in [0.717, 1.165) is 12.1 Å². The van der Waals surface area contributed by atoms with Gasteiger partial charge in [0.15, 0.2) is 0 Å². The van der Waals surface area contributed by atoms with Crippen molar-refractivity contribution in [1.82, 2.24) is 23.6 Å². The van der Waals surface area contributed by atoms with Gasteiger partial charge in [-0.2, -0.15) is 17.0 Å². The topological polar surface area (TPSA) is 92.4 Å². The van der Waals surface area contributed by atoms with Gasteiger partial charge in [-0.05, 0) is 18.8 Å². The quantitative estimate of drug-likeness (QED) is 0.801. The van der Waals surface area contributed by atoms with Crippen LogP contribution >= 0.6 is 0 Å². The Hall–Kier alpha value is -1.84. The Morgan fingerprint density at radius 3 is 2.91 bits per heavy atom. The SMILES string of the molecule is CN(C)S(=O)(=O)N1CC[C@H](Cc2cncc(-c3ncco3)n2)C1. The van der Waals surface area contributed by atoms with Crippen molar-refractivity contribution < 1.29 is 12.8 Å². The Bertz CT molecular complexity index is 760. The fraction of sp³-hybridized carbons (Fsp3) is 0.500. The molecule has 23 heavy (non-hydrogen) atoms. The monoisotopic (exact) mass is 337 g/mol. The van der Waals surface area contributed by atoms with Crippen LogP contribution in [0.1, 0.15) is 12.1 Å². The average molecular weight is 337 g/mol. The lowest BCUT2D eigenvalue weighted by Crippen LogP contribution is -2.38. The Morgan fingerprint density at radius 2 is 2.22 bits per heavy atom. The van der Waals surface area contributed by atoms with Crippen molar-refractivity contribution >= 4 is 10.2 Å². The molecule has 0 spiro atoms. The highest BCUT2D eigenvalue weighted by molar-refractivity contribution is 7.86. The molecule has 124 valence electrons. The van der Waals surface area contributed by atoms with Crippen LogP contribution in [0.3, 0.4) is 0 Å². The van der Waals surface area contributed by atoms with Gasteiger partial charge in [-0.3, -0.25) is 4.98 Å². The van der Waals surface area contributed by atoms with Crippen molar-refractivity contribution in [2.24, 2.45) is 5.92 Å². The zero-order chi connectivity index (χ0) is 16.4. The van der Waals surface area contributed by atoms with Gasteiger partial charge in [-0.25, -0.2) is 9.97 Å². The van der Waals surface area contributed by atoms with Crippen molar-refractivity contribution in [3.05, 3.63) is 30.5 Å². The van der Waals surface area contributed by atoms with Crippen LogP contribution in [0.4, 0.5) is 0 Å². The highest BCUT2D eigenvalue weighted by atomic mass is 32.2. The molecule has 0 aromatic carbocycles. The molecule has 0 aliphatic carbocycles. The second-order valence-electron chi connectivity index (χ2n) is 5.74. The van der Waals surface area contributed by atoms with Crippen LogP contribution in [0, 0.1) is 5.92 Å². The summed E-state index contributed by atoms with van der Waals surface area (Å²) in [4.78, 5) is 12.7. The van der Waals surface area contributed by atoms with E-state index in [1.165, 1.54) is 14.9 Å². The third kappa shape index (κ3) is 3.41. The number of aromatic nitrogens is 3. The van der Waals surface area contributed by atoms with Gasteiger partial charge in [0.1, 0.15) is 12.0 Å². The molecule has 1 aliphatic rings. The Balaban J connectivity index is 1.68. The van der Waals surface area contributed by atoms with Crippen LogP contribution in [-0.4, -0.2) is 59.2 Å². The van der Waals surface area contributed by atoms with Crippen LogP contribution < -0.4 is 0 Å². The number of hydrogen-bond acceptors (Lipinski definition) is 6. The predicted molar refractivity (Wildman–Crippen MR) is 83.5 cm³/mol.